The van der Waals surface area contributed by atoms with Crippen LogP contribution in [0, 0.1) is 17.0 Å². The van der Waals surface area contributed by atoms with Crippen LogP contribution in [0.3, 0.4) is 0 Å². The van der Waals surface area contributed by atoms with Crippen LogP contribution >= 0.6 is 11.6 Å². The van der Waals surface area contributed by atoms with E-state index >= 15 is 0 Å². The van der Waals surface area contributed by atoms with Gasteiger partial charge in [0.25, 0.3) is 5.09 Å². The van der Waals surface area contributed by atoms with Crippen molar-refractivity contribution in [3.8, 4) is 5.75 Å². The molecule has 0 saturated carbocycles. The van der Waals surface area contributed by atoms with E-state index in [4.69, 9.17) is 25.8 Å². The highest BCUT2D eigenvalue weighted by Crippen LogP contribution is 2.40. The van der Waals surface area contributed by atoms with E-state index in [1.165, 1.54) is 19.1 Å². The lowest BCUT2D eigenvalue weighted by Gasteiger charge is -2.29. The molecule has 0 N–H and O–H groups in total. The van der Waals surface area contributed by atoms with E-state index in [1.807, 2.05) is 0 Å². The number of benzene rings is 1. The maximum Gasteiger partial charge on any atom is 0.430 e. The Kier molecular flexibility index (Phi) is 8.08. The number of ether oxygens (including phenoxy) is 3. The summed E-state index contributed by atoms with van der Waals surface area (Å²) in [5, 5.41) is 9.21. The summed E-state index contributed by atoms with van der Waals surface area (Å²) in [5.74, 6) is -2.07. The first-order valence-electron chi connectivity index (χ1n) is 8.84. The van der Waals surface area contributed by atoms with Gasteiger partial charge in [-0.2, -0.15) is 13.2 Å². The Morgan fingerprint density at radius 1 is 1.23 bits per heavy atom. The summed E-state index contributed by atoms with van der Waals surface area (Å²) >= 11 is 5.92. The molecule has 0 radical (unpaired) electrons. The zero-order valence-corrected chi connectivity index (χ0v) is 16.8. The Morgan fingerprint density at radius 2 is 1.90 bits per heavy atom. The van der Waals surface area contributed by atoms with Crippen molar-refractivity contribution in [3.63, 3.8) is 0 Å². The molecular weight excluding hydrogens is 451 g/mol. The fraction of sp³-hybridized carbons (Fsp3) is 0.444. The van der Waals surface area contributed by atoms with Crippen LogP contribution in [0.2, 0.25) is 5.02 Å². The van der Waals surface area contributed by atoms with Gasteiger partial charge in [0.05, 0.1) is 12.2 Å². The fourth-order valence-electron chi connectivity index (χ4n) is 2.66. The van der Waals surface area contributed by atoms with Crippen molar-refractivity contribution >= 4 is 29.6 Å². The van der Waals surface area contributed by atoms with Gasteiger partial charge in [0, 0.05) is 17.0 Å². The number of hydrogen-bond acceptors (Lipinski definition) is 8. The number of alkyl halides is 3. The van der Waals surface area contributed by atoms with Crippen LogP contribution in [0.5, 0.6) is 5.75 Å². The molecule has 1 aromatic carbocycles. The van der Waals surface area contributed by atoms with E-state index < -0.39 is 48.1 Å². The summed E-state index contributed by atoms with van der Waals surface area (Å²) in [5.41, 5.74) is -0.207. The predicted molar refractivity (Wildman–Crippen MR) is 98.7 cm³/mol. The lowest BCUT2D eigenvalue weighted by atomic mass is 9.99. The minimum absolute atomic E-state index is 0.0263. The fourth-order valence-corrected chi connectivity index (χ4v) is 2.94. The van der Waals surface area contributed by atoms with Gasteiger partial charge in [-0.1, -0.05) is 11.6 Å². The predicted octanol–water partition coefficient (Wildman–Crippen LogP) is 3.43. The molecule has 0 aliphatic carbocycles. The van der Waals surface area contributed by atoms with E-state index in [0.717, 1.165) is 6.08 Å². The molecule has 1 aliphatic heterocycles. The molecule has 13 heteroatoms. The van der Waals surface area contributed by atoms with Gasteiger partial charge in [-0.05, 0) is 37.1 Å². The smallest absolute Gasteiger partial charge is 0.430 e. The highest BCUT2D eigenvalue weighted by atomic mass is 35.5. The molecule has 170 valence electrons. The van der Waals surface area contributed by atoms with Crippen molar-refractivity contribution in [1.29, 1.82) is 0 Å². The summed E-state index contributed by atoms with van der Waals surface area (Å²) in [7, 11) is 0. The molecule has 9 nitrogen and oxygen atoms in total. The number of esters is 2. The van der Waals surface area contributed by atoms with Gasteiger partial charge < -0.3 is 19.0 Å². The normalized spacial score (nSPS) is 15.3. The first kappa shape index (κ1) is 24.3. The van der Waals surface area contributed by atoms with Gasteiger partial charge in [-0.3, -0.25) is 4.79 Å². The van der Waals surface area contributed by atoms with E-state index in [9.17, 15) is 32.9 Å². The lowest BCUT2D eigenvalue weighted by molar-refractivity contribution is -0.757. The molecule has 0 bridgehead atoms. The average Bonchev–Trinajstić information content (AvgIpc) is 2.66. The van der Waals surface area contributed by atoms with Gasteiger partial charge in [0.2, 0.25) is 6.10 Å². The molecule has 1 heterocycles. The van der Waals surface area contributed by atoms with Gasteiger partial charge in [-0.25, -0.2) is 4.79 Å². The molecule has 0 unspecified atom stereocenters. The van der Waals surface area contributed by atoms with E-state index in [0.29, 0.717) is 5.56 Å². The Balaban J connectivity index is 1.95. The minimum atomic E-state index is -4.88. The number of carbonyl (C=O) groups is 2. The number of rotatable bonds is 9. The van der Waals surface area contributed by atoms with E-state index in [-0.39, 0.29) is 35.8 Å². The molecule has 1 atom stereocenters. The van der Waals surface area contributed by atoms with E-state index in [1.54, 1.807) is 0 Å². The topological polar surface area (TPSA) is 114 Å². The van der Waals surface area contributed by atoms with Crippen LogP contribution < -0.4 is 4.74 Å². The third kappa shape index (κ3) is 7.02. The van der Waals surface area contributed by atoms with Crippen molar-refractivity contribution in [2.75, 3.05) is 19.8 Å². The zero-order chi connectivity index (χ0) is 23.2. The van der Waals surface area contributed by atoms with Crippen LogP contribution in [0.4, 0.5) is 13.2 Å². The molecule has 31 heavy (non-hydrogen) atoms. The van der Waals surface area contributed by atoms with Crippen LogP contribution in [0.1, 0.15) is 24.0 Å². The van der Waals surface area contributed by atoms with Crippen molar-refractivity contribution in [3.05, 3.63) is 44.0 Å². The second-order valence-corrected chi connectivity index (χ2v) is 6.73. The summed E-state index contributed by atoms with van der Waals surface area (Å²) in [4.78, 5) is 37.7. The van der Waals surface area contributed by atoms with Crippen molar-refractivity contribution in [2.24, 2.45) is 0 Å². The van der Waals surface area contributed by atoms with Crippen LogP contribution in [-0.2, 0) is 23.9 Å². The van der Waals surface area contributed by atoms with Gasteiger partial charge in [0.15, 0.2) is 0 Å². The Bertz CT molecular complexity index is 887. The third-order valence-corrected chi connectivity index (χ3v) is 4.15. The van der Waals surface area contributed by atoms with Gasteiger partial charge >= 0.3 is 18.1 Å². The van der Waals surface area contributed by atoms with Crippen molar-refractivity contribution in [2.45, 2.75) is 32.0 Å². The average molecular weight is 468 g/mol. The second kappa shape index (κ2) is 10.3. The molecular formula is C18H17ClF3NO8. The molecule has 0 saturated heterocycles. The number of hydrogen-bond donors (Lipinski definition) is 0. The highest BCUT2D eigenvalue weighted by molar-refractivity contribution is 6.30. The molecule has 1 aliphatic rings. The Hall–Kier alpha value is -3.02. The molecule has 0 aromatic heterocycles. The third-order valence-electron chi connectivity index (χ3n) is 3.93. The number of fused-ring (bicyclic) bond motifs is 1. The maximum atomic E-state index is 13.4. The molecule has 0 amide bonds. The summed E-state index contributed by atoms with van der Waals surface area (Å²) < 4.78 is 54.8. The standard InChI is InChI=1S/C18H17ClF3NO8/c1-10-7-12(19)8-11-9-13(16(18(20,21)22)31-15(10)11)17(25)29-6-5-28-14(24)3-2-4-30-23(26)27/h7-9,16H,2-6H2,1H3/t16-/m0/s1. The van der Waals surface area contributed by atoms with Gasteiger partial charge in [0.1, 0.15) is 19.0 Å². The quantitative estimate of drug-likeness (QED) is 0.235. The van der Waals surface area contributed by atoms with Crippen molar-refractivity contribution < 1.29 is 46.9 Å². The Labute approximate surface area is 178 Å². The number of nitrogens with zero attached hydrogens (tertiary/aromatic N) is 1. The number of halogens is 4. The molecule has 0 fully saturated rings. The van der Waals surface area contributed by atoms with Crippen LogP contribution in [0.15, 0.2) is 17.7 Å². The summed E-state index contributed by atoms with van der Waals surface area (Å²) in [6.07, 6.45) is -6.57. The maximum absolute atomic E-state index is 13.4. The molecule has 0 spiro atoms. The van der Waals surface area contributed by atoms with Crippen LogP contribution in [-0.4, -0.2) is 49.1 Å². The van der Waals surface area contributed by atoms with Crippen molar-refractivity contribution in [1.82, 2.24) is 0 Å². The first-order valence-corrected chi connectivity index (χ1v) is 9.22. The Morgan fingerprint density at radius 3 is 2.55 bits per heavy atom. The SMILES string of the molecule is Cc1cc(Cl)cc2c1O[C@H](C(F)(F)F)C(C(=O)OCCOC(=O)CCCO[N+](=O)[O-])=C2. The summed E-state index contributed by atoms with van der Waals surface area (Å²) in [6.45, 7) is 0.314. The largest absolute Gasteiger partial charge is 0.475 e. The number of aryl methyl sites for hydroxylation is 1. The summed E-state index contributed by atoms with van der Waals surface area (Å²) in [6, 6.07) is 2.79. The number of carbonyl (C=O) groups excluding carboxylic acids is 2. The lowest BCUT2D eigenvalue weighted by Crippen LogP contribution is -2.41. The highest BCUT2D eigenvalue weighted by Gasteiger charge is 2.49. The van der Waals surface area contributed by atoms with Crippen LogP contribution in [0.25, 0.3) is 6.08 Å². The molecule has 2 rings (SSSR count). The minimum Gasteiger partial charge on any atom is -0.475 e. The van der Waals surface area contributed by atoms with E-state index in [2.05, 4.69) is 4.84 Å². The zero-order valence-electron chi connectivity index (χ0n) is 16.1. The first-order chi connectivity index (χ1) is 14.5. The van der Waals surface area contributed by atoms with Gasteiger partial charge in [-0.15, -0.1) is 10.1 Å². The second-order valence-electron chi connectivity index (χ2n) is 6.30. The molecule has 1 aromatic rings. The monoisotopic (exact) mass is 467 g/mol.